The summed E-state index contributed by atoms with van der Waals surface area (Å²) in [6, 6.07) is 3.19. The third-order valence-electron chi connectivity index (χ3n) is 3.83. The van der Waals surface area contributed by atoms with Crippen LogP contribution in [0.4, 0.5) is 5.82 Å². The van der Waals surface area contributed by atoms with Crippen molar-refractivity contribution in [2.45, 2.75) is 56.6 Å². The molecule has 1 aliphatic rings. The second-order valence-electron chi connectivity index (χ2n) is 5.91. The normalized spacial score (nSPS) is 20.9. The van der Waals surface area contributed by atoms with E-state index in [0.717, 1.165) is 32.2 Å². The van der Waals surface area contributed by atoms with Gasteiger partial charge in [0.15, 0.2) is 0 Å². The maximum absolute atomic E-state index is 12.3. The molecule has 1 saturated heterocycles. The Kier molecular flexibility index (Phi) is 5.77. The molecule has 1 aromatic rings. The minimum absolute atomic E-state index is 0.0908. The lowest BCUT2D eigenvalue weighted by Crippen LogP contribution is -2.38. The molecule has 1 aromatic heterocycles. The number of aromatic nitrogens is 1. The molecular formula is C15H25N3O3S. The van der Waals surface area contributed by atoms with Crippen LogP contribution in [0.1, 0.15) is 39.5 Å². The molecule has 124 valence electrons. The number of aliphatic hydroxyl groups excluding tert-OH is 1. The largest absolute Gasteiger partial charge is 0.391 e. The van der Waals surface area contributed by atoms with Crippen molar-refractivity contribution < 1.29 is 13.5 Å². The van der Waals surface area contributed by atoms with E-state index in [0.29, 0.717) is 12.4 Å². The zero-order valence-corrected chi connectivity index (χ0v) is 14.0. The zero-order chi connectivity index (χ0) is 16.2. The molecule has 0 unspecified atom stereocenters. The minimum atomic E-state index is -3.52. The van der Waals surface area contributed by atoms with Crippen LogP contribution >= 0.6 is 0 Å². The maximum atomic E-state index is 12.3. The fourth-order valence-corrected chi connectivity index (χ4v) is 3.93. The number of pyridine rings is 1. The van der Waals surface area contributed by atoms with E-state index in [-0.39, 0.29) is 17.0 Å². The first-order valence-corrected chi connectivity index (χ1v) is 9.32. The fourth-order valence-electron chi connectivity index (χ4n) is 2.71. The Balaban J connectivity index is 2.07. The maximum Gasteiger partial charge on any atom is 0.242 e. The summed E-state index contributed by atoms with van der Waals surface area (Å²) in [7, 11) is -3.52. The van der Waals surface area contributed by atoms with Crippen molar-refractivity contribution in [3.05, 3.63) is 18.3 Å². The van der Waals surface area contributed by atoms with Gasteiger partial charge in [-0.3, -0.25) is 0 Å². The second-order valence-corrected chi connectivity index (χ2v) is 7.62. The smallest absolute Gasteiger partial charge is 0.242 e. The Bertz CT molecular complexity index is 574. The van der Waals surface area contributed by atoms with Crippen LogP contribution in [0, 0.1) is 0 Å². The quantitative estimate of drug-likeness (QED) is 0.827. The van der Waals surface area contributed by atoms with Crippen molar-refractivity contribution in [2.24, 2.45) is 0 Å². The predicted molar refractivity (Wildman–Crippen MR) is 86.4 cm³/mol. The molecule has 0 aromatic carbocycles. The van der Waals surface area contributed by atoms with Gasteiger partial charge in [-0.2, -0.15) is 0 Å². The molecule has 0 saturated carbocycles. The highest BCUT2D eigenvalue weighted by Gasteiger charge is 2.21. The summed E-state index contributed by atoms with van der Waals surface area (Å²) in [6.45, 7) is 5.26. The zero-order valence-electron chi connectivity index (χ0n) is 13.2. The van der Waals surface area contributed by atoms with E-state index >= 15 is 0 Å². The number of piperidine rings is 1. The second kappa shape index (κ2) is 7.39. The molecule has 0 amide bonds. The van der Waals surface area contributed by atoms with Crippen molar-refractivity contribution in [1.82, 2.24) is 9.71 Å². The number of hydrogen-bond donors (Lipinski definition) is 2. The third-order valence-corrected chi connectivity index (χ3v) is 5.40. The number of β-amino-alcohol motifs (C(OH)–C–C–N with tert-alkyl or cyclic N) is 1. The first-order chi connectivity index (χ1) is 10.4. The standard InChI is InChI=1S/C15H25N3O3S/c1-3-5-12(2)17-22(20,21)14-7-8-15(16-10-14)18-9-4-6-13(19)11-18/h7-8,10,12-13,17,19H,3-6,9,11H2,1-2H3/t12-,13-/m0/s1. The lowest BCUT2D eigenvalue weighted by Gasteiger charge is -2.31. The van der Waals surface area contributed by atoms with Crippen LogP contribution in [0.5, 0.6) is 0 Å². The lowest BCUT2D eigenvalue weighted by molar-refractivity contribution is 0.154. The highest BCUT2D eigenvalue weighted by atomic mass is 32.2. The van der Waals surface area contributed by atoms with Crippen molar-refractivity contribution >= 4 is 15.8 Å². The van der Waals surface area contributed by atoms with Gasteiger partial charge in [-0.05, 0) is 38.3 Å². The first-order valence-electron chi connectivity index (χ1n) is 7.83. The van der Waals surface area contributed by atoms with Crippen LogP contribution in [0.15, 0.2) is 23.2 Å². The molecule has 0 spiro atoms. The molecule has 1 aliphatic heterocycles. The van der Waals surface area contributed by atoms with Crippen molar-refractivity contribution in [3.8, 4) is 0 Å². The molecule has 2 rings (SSSR count). The van der Waals surface area contributed by atoms with E-state index in [1.807, 2.05) is 18.7 Å². The number of nitrogens with one attached hydrogen (secondary N) is 1. The predicted octanol–water partition coefficient (Wildman–Crippen LogP) is 1.51. The summed E-state index contributed by atoms with van der Waals surface area (Å²) in [5, 5.41) is 9.70. The number of anilines is 1. The molecule has 0 aliphatic carbocycles. The van der Waals surface area contributed by atoms with E-state index in [2.05, 4.69) is 9.71 Å². The molecule has 22 heavy (non-hydrogen) atoms. The van der Waals surface area contributed by atoms with Gasteiger partial charge in [0.2, 0.25) is 10.0 Å². The molecule has 2 N–H and O–H groups in total. The number of aliphatic hydroxyl groups is 1. The third kappa shape index (κ3) is 4.41. The molecule has 2 heterocycles. The summed E-state index contributed by atoms with van der Waals surface area (Å²) in [5.74, 6) is 0.708. The molecular weight excluding hydrogens is 302 g/mol. The van der Waals surface area contributed by atoms with Gasteiger partial charge in [-0.25, -0.2) is 18.1 Å². The molecule has 2 atom stereocenters. The SMILES string of the molecule is CCC[C@H](C)NS(=O)(=O)c1ccc(N2CCC[C@H](O)C2)nc1. The Morgan fingerprint density at radius 1 is 1.50 bits per heavy atom. The Labute approximate surface area is 132 Å². The number of rotatable bonds is 6. The highest BCUT2D eigenvalue weighted by molar-refractivity contribution is 7.89. The van der Waals surface area contributed by atoms with Gasteiger partial charge in [0.1, 0.15) is 10.7 Å². The van der Waals surface area contributed by atoms with Crippen LogP contribution in [0.2, 0.25) is 0 Å². The van der Waals surface area contributed by atoms with Crippen molar-refractivity contribution in [1.29, 1.82) is 0 Å². The van der Waals surface area contributed by atoms with E-state index < -0.39 is 10.0 Å². The Morgan fingerprint density at radius 3 is 2.86 bits per heavy atom. The fraction of sp³-hybridized carbons (Fsp3) is 0.667. The molecule has 7 heteroatoms. The summed E-state index contributed by atoms with van der Waals surface area (Å²) in [5.41, 5.74) is 0. The van der Waals surface area contributed by atoms with Gasteiger partial charge in [0.05, 0.1) is 6.10 Å². The van der Waals surface area contributed by atoms with Gasteiger partial charge < -0.3 is 10.0 Å². The van der Waals surface area contributed by atoms with E-state index in [9.17, 15) is 13.5 Å². The summed E-state index contributed by atoms with van der Waals surface area (Å²) in [6.07, 6.45) is 4.50. The summed E-state index contributed by atoms with van der Waals surface area (Å²) < 4.78 is 27.2. The van der Waals surface area contributed by atoms with Gasteiger partial charge in [-0.15, -0.1) is 0 Å². The van der Waals surface area contributed by atoms with E-state index in [1.54, 1.807) is 12.1 Å². The Morgan fingerprint density at radius 2 is 2.27 bits per heavy atom. The van der Waals surface area contributed by atoms with Crippen molar-refractivity contribution in [2.75, 3.05) is 18.0 Å². The molecule has 0 bridgehead atoms. The number of sulfonamides is 1. The molecule has 1 fully saturated rings. The lowest BCUT2D eigenvalue weighted by atomic mass is 10.1. The van der Waals surface area contributed by atoms with Crippen LogP contribution in [0.25, 0.3) is 0 Å². The highest BCUT2D eigenvalue weighted by Crippen LogP contribution is 2.19. The van der Waals surface area contributed by atoms with Gasteiger partial charge in [0, 0.05) is 25.3 Å². The van der Waals surface area contributed by atoms with Crippen molar-refractivity contribution in [3.63, 3.8) is 0 Å². The minimum Gasteiger partial charge on any atom is -0.391 e. The monoisotopic (exact) mass is 327 g/mol. The molecule has 6 nitrogen and oxygen atoms in total. The average molecular weight is 327 g/mol. The summed E-state index contributed by atoms with van der Waals surface area (Å²) in [4.78, 5) is 6.41. The van der Waals surface area contributed by atoms with Crippen LogP contribution < -0.4 is 9.62 Å². The Hall–Kier alpha value is -1.18. The number of nitrogens with zero attached hydrogens (tertiary/aromatic N) is 2. The van der Waals surface area contributed by atoms with E-state index in [1.165, 1.54) is 6.20 Å². The van der Waals surface area contributed by atoms with Gasteiger partial charge in [0.25, 0.3) is 0 Å². The average Bonchev–Trinajstić information content (AvgIpc) is 2.47. The summed E-state index contributed by atoms with van der Waals surface area (Å²) >= 11 is 0. The van der Waals surface area contributed by atoms with Gasteiger partial charge in [-0.1, -0.05) is 13.3 Å². The van der Waals surface area contributed by atoms with Gasteiger partial charge >= 0.3 is 0 Å². The van der Waals surface area contributed by atoms with E-state index in [4.69, 9.17) is 0 Å². The van der Waals surface area contributed by atoms with Crippen LogP contribution in [-0.4, -0.2) is 43.7 Å². The first kappa shape index (κ1) is 17.2. The van der Waals surface area contributed by atoms with Crippen LogP contribution in [0.3, 0.4) is 0 Å². The molecule has 0 radical (unpaired) electrons. The number of hydrogen-bond acceptors (Lipinski definition) is 5. The topological polar surface area (TPSA) is 82.5 Å². The van der Waals surface area contributed by atoms with Crippen LogP contribution in [-0.2, 0) is 10.0 Å².